The molecular formula is C37H40O2. The van der Waals surface area contributed by atoms with Crippen LogP contribution in [0.3, 0.4) is 0 Å². The van der Waals surface area contributed by atoms with Gasteiger partial charge in [-0.15, -0.1) is 0 Å². The van der Waals surface area contributed by atoms with E-state index in [0.29, 0.717) is 0 Å². The standard InChI is InChI=1S/C37H40O2/c1-28-12-14-29(15-13-28)30-24-26-37(27-25-30,31-16-20-35(21-17-31)38-33-8-4-2-5-9-33)32-18-22-36(23-19-32)39-34-10-6-3-7-11-34/h2-11,16-23,28-30H,12-15,24-27H2,1H3. The molecule has 0 atom stereocenters. The maximum absolute atomic E-state index is 6.12. The van der Waals surface area contributed by atoms with E-state index >= 15 is 0 Å². The number of rotatable bonds is 7. The van der Waals surface area contributed by atoms with Crippen molar-refractivity contribution in [1.29, 1.82) is 0 Å². The van der Waals surface area contributed by atoms with Crippen molar-refractivity contribution in [2.75, 3.05) is 0 Å². The molecule has 0 bridgehead atoms. The second kappa shape index (κ2) is 11.7. The van der Waals surface area contributed by atoms with E-state index in [2.05, 4.69) is 55.5 Å². The lowest BCUT2D eigenvalue weighted by Gasteiger charge is -2.44. The second-order valence-electron chi connectivity index (χ2n) is 11.8. The van der Waals surface area contributed by atoms with Crippen LogP contribution in [0.4, 0.5) is 0 Å². The van der Waals surface area contributed by atoms with Crippen LogP contribution in [0.2, 0.25) is 0 Å². The summed E-state index contributed by atoms with van der Waals surface area (Å²) in [5.41, 5.74) is 2.82. The molecule has 0 aromatic heterocycles. The fraction of sp³-hybridized carbons (Fsp3) is 0.351. The Bertz CT molecular complexity index is 1210. The largest absolute Gasteiger partial charge is 0.457 e. The van der Waals surface area contributed by atoms with E-state index in [1.807, 2.05) is 60.7 Å². The minimum absolute atomic E-state index is 0.0228. The molecule has 2 aliphatic carbocycles. The predicted octanol–water partition coefficient (Wildman–Crippen LogP) is 10.6. The zero-order valence-corrected chi connectivity index (χ0v) is 23.1. The van der Waals surface area contributed by atoms with Gasteiger partial charge < -0.3 is 9.47 Å². The van der Waals surface area contributed by atoms with E-state index in [1.54, 1.807) is 0 Å². The van der Waals surface area contributed by atoms with Crippen LogP contribution >= 0.6 is 0 Å². The lowest BCUT2D eigenvalue weighted by Crippen LogP contribution is -2.35. The maximum Gasteiger partial charge on any atom is 0.127 e. The van der Waals surface area contributed by atoms with Crippen molar-refractivity contribution in [3.8, 4) is 23.0 Å². The van der Waals surface area contributed by atoms with Gasteiger partial charge in [-0.1, -0.05) is 80.4 Å². The SMILES string of the molecule is CC1CCC(C2CCC(c3ccc(Oc4ccccc4)cc3)(c3ccc(Oc4ccccc4)cc3)CC2)CC1. The molecule has 2 heteroatoms. The quantitative estimate of drug-likeness (QED) is 0.243. The molecule has 0 amide bonds. The summed E-state index contributed by atoms with van der Waals surface area (Å²) in [4.78, 5) is 0. The summed E-state index contributed by atoms with van der Waals surface area (Å²) in [5.74, 6) is 6.22. The second-order valence-corrected chi connectivity index (χ2v) is 11.8. The number of ether oxygens (including phenoxy) is 2. The summed E-state index contributed by atoms with van der Waals surface area (Å²) in [6.45, 7) is 2.43. The Morgan fingerprint density at radius 1 is 0.462 bits per heavy atom. The number of para-hydroxylation sites is 2. The molecular weight excluding hydrogens is 476 g/mol. The number of hydrogen-bond donors (Lipinski definition) is 0. The summed E-state index contributed by atoms with van der Waals surface area (Å²) < 4.78 is 12.2. The Hall–Kier alpha value is -3.52. The predicted molar refractivity (Wildman–Crippen MR) is 160 cm³/mol. The minimum atomic E-state index is 0.0228. The summed E-state index contributed by atoms with van der Waals surface area (Å²) in [7, 11) is 0. The first-order valence-corrected chi connectivity index (χ1v) is 14.8. The van der Waals surface area contributed by atoms with Crippen molar-refractivity contribution in [1.82, 2.24) is 0 Å². The highest BCUT2D eigenvalue weighted by Crippen LogP contribution is 2.50. The number of benzene rings is 4. The average Bonchev–Trinajstić information content (AvgIpc) is 3.00. The fourth-order valence-corrected chi connectivity index (χ4v) is 7.04. The molecule has 0 spiro atoms. The van der Waals surface area contributed by atoms with Crippen molar-refractivity contribution in [3.05, 3.63) is 120 Å². The molecule has 4 aromatic rings. The molecule has 0 saturated heterocycles. The first-order valence-electron chi connectivity index (χ1n) is 14.8. The lowest BCUT2D eigenvalue weighted by atomic mass is 9.60. The third-order valence-electron chi connectivity index (χ3n) is 9.38. The minimum Gasteiger partial charge on any atom is -0.457 e. The Balaban J connectivity index is 1.25. The monoisotopic (exact) mass is 516 g/mol. The van der Waals surface area contributed by atoms with E-state index in [4.69, 9.17) is 9.47 Å². The maximum atomic E-state index is 6.12. The molecule has 39 heavy (non-hydrogen) atoms. The molecule has 2 fully saturated rings. The first kappa shape index (κ1) is 25.7. The van der Waals surface area contributed by atoms with Crippen molar-refractivity contribution < 1.29 is 9.47 Å². The molecule has 0 heterocycles. The molecule has 4 aromatic carbocycles. The molecule has 2 aliphatic rings. The zero-order valence-electron chi connectivity index (χ0n) is 23.1. The Morgan fingerprint density at radius 3 is 1.28 bits per heavy atom. The fourth-order valence-electron chi connectivity index (χ4n) is 7.04. The Kier molecular flexibility index (Phi) is 7.72. The van der Waals surface area contributed by atoms with Crippen LogP contribution in [0.25, 0.3) is 0 Å². The molecule has 0 N–H and O–H groups in total. The molecule has 0 unspecified atom stereocenters. The van der Waals surface area contributed by atoms with Gasteiger partial charge in [0.25, 0.3) is 0 Å². The van der Waals surface area contributed by atoms with Crippen LogP contribution in [0.15, 0.2) is 109 Å². The van der Waals surface area contributed by atoms with Crippen LogP contribution in [0.5, 0.6) is 23.0 Å². The van der Waals surface area contributed by atoms with Gasteiger partial charge in [0, 0.05) is 5.41 Å². The van der Waals surface area contributed by atoms with Crippen LogP contribution in [-0.4, -0.2) is 0 Å². The highest BCUT2D eigenvalue weighted by Gasteiger charge is 2.40. The summed E-state index contributed by atoms with van der Waals surface area (Å²) >= 11 is 0. The molecule has 200 valence electrons. The van der Waals surface area contributed by atoms with Crippen LogP contribution in [0, 0.1) is 17.8 Å². The van der Waals surface area contributed by atoms with Gasteiger partial charge in [0.1, 0.15) is 23.0 Å². The van der Waals surface area contributed by atoms with Gasteiger partial charge in [0.05, 0.1) is 0 Å². The van der Waals surface area contributed by atoms with Crippen LogP contribution in [-0.2, 0) is 5.41 Å². The summed E-state index contributed by atoms with van der Waals surface area (Å²) in [6.07, 6.45) is 10.7. The van der Waals surface area contributed by atoms with Gasteiger partial charge in [-0.3, -0.25) is 0 Å². The molecule has 0 radical (unpaired) electrons. The van der Waals surface area contributed by atoms with Crippen molar-refractivity contribution in [2.24, 2.45) is 17.8 Å². The highest BCUT2D eigenvalue weighted by molar-refractivity contribution is 5.45. The van der Waals surface area contributed by atoms with Crippen LogP contribution in [0.1, 0.15) is 69.4 Å². The van der Waals surface area contributed by atoms with Crippen molar-refractivity contribution in [2.45, 2.75) is 63.7 Å². The van der Waals surface area contributed by atoms with Crippen LogP contribution < -0.4 is 9.47 Å². The molecule has 2 nitrogen and oxygen atoms in total. The van der Waals surface area contributed by atoms with E-state index in [9.17, 15) is 0 Å². The first-order chi connectivity index (χ1) is 19.2. The van der Waals surface area contributed by atoms with Gasteiger partial charge in [-0.2, -0.15) is 0 Å². The Labute approximate surface area is 234 Å². The molecule has 0 aliphatic heterocycles. The van der Waals surface area contributed by atoms with Gasteiger partial charge >= 0.3 is 0 Å². The third kappa shape index (κ3) is 5.91. The number of hydrogen-bond acceptors (Lipinski definition) is 2. The third-order valence-corrected chi connectivity index (χ3v) is 9.38. The highest BCUT2D eigenvalue weighted by atomic mass is 16.5. The zero-order chi connectivity index (χ0) is 26.5. The van der Waals surface area contributed by atoms with Crippen molar-refractivity contribution in [3.63, 3.8) is 0 Å². The van der Waals surface area contributed by atoms with Gasteiger partial charge in [0.2, 0.25) is 0 Å². The van der Waals surface area contributed by atoms with E-state index in [1.165, 1.54) is 62.5 Å². The Morgan fingerprint density at radius 2 is 0.846 bits per heavy atom. The summed E-state index contributed by atoms with van der Waals surface area (Å²) in [5, 5.41) is 0. The lowest BCUT2D eigenvalue weighted by molar-refractivity contribution is 0.147. The molecule has 2 saturated carbocycles. The normalized spacial score (nSPS) is 21.3. The average molecular weight is 517 g/mol. The van der Waals surface area contributed by atoms with Gasteiger partial charge in [0.15, 0.2) is 0 Å². The summed E-state index contributed by atoms with van der Waals surface area (Å²) in [6, 6.07) is 37.9. The van der Waals surface area contributed by atoms with Gasteiger partial charge in [-0.25, -0.2) is 0 Å². The van der Waals surface area contributed by atoms with Crippen molar-refractivity contribution >= 4 is 0 Å². The molecule has 6 rings (SSSR count). The smallest absolute Gasteiger partial charge is 0.127 e. The topological polar surface area (TPSA) is 18.5 Å². The van der Waals surface area contributed by atoms with E-state index in [-0.39, 0.29) is 5.41 Å². The van der Waals surface area contributed by atoms with E-state index in [0.717, 1.165) is 40.8 Å². The van der Waals surface area contributed by atoms with Gasteiger partial charge in [-0.05, 0) is 116 Å². The van der Waals surface area contributed by atoms with E-state index < -0.39 is 0 Å².